The van der Waals surface area contributed by atoms with Gasteiger partial charge in [0.1, 0.15) is 23.1 Å². The van der Waals surface area contributed by atoms with E-state index in [-0.39, 0.29) is 11.6 Å². The van der Waals surface area contributed by atoms with Gasteiger partial charge in [0.05, 0.1) is 0 Å². The maximum absolute atomic E-state index is 12.3. The van der Waals surface area contributed by atoms with Crippen LogP contribution in [0.2, 0.25) is 0 Å². The lowest BCUT2D eigenvalue weighted by Crippen LogP contribution is -2.15. The molecule has 0 aliphatic rings. The lowest BCUT2D eigenvalue weighted by atomic mass is 10.2. The summed E-state index contributed by atoms with van der Waals surface area (Å²) in [6, 6.07) is 11.1. The molecule has 2 N–H and O–H groups in total. The highest BCUT2D eigenvalue weighted by atomic mass is 16.5. The van der Waals surface area contributed by atoms with Gasteiger partial charge in [0, 0.05) is 17.8 Å². The average molecular weight is 323 g/mol. The summed E-state index contributed by atoms with van der Waals surface area (Å²) in [4.78, 5) is 20.8. The standard InChI is InChI=1S/C17H17N5O2/c1-10-6-4-5-7-13(10)20-15-9-14(18-12(3)19-15)17(23)21-16-8-11(2)24-22-16/h4-9H,1-3H3,(H,18,19,20)(H,21,22,23). The van der Waals surface area contributed by atoms with Crippen LogP contribution in [0.1, 0.15) is 27.6 Å². The zero-order valence-corrected chi connectivity index (χ0v) is 13.6. The zero-order valence-electron chi connectivity index (χ0n) is 13.6. The van der Waals surface area contributed by atoms with E-state index in [1.807, 2.05) is 31.2 Å². The van der Waals surface area contributed by atoms with E-state index in [1.165, 1.54) is 0 Å². The van der Waals surface area contributed by atoms with Crippen molar-refractivity contribution in [1.29, 1.82) is 0 Å². The molecule has 24 heavy (non-hydrogen) atoms. The largest absolute Gasteiger partial charge is 0.360 e. The monoisotopic (exact) mass is 323 g/mol. The van der Waals surface area contributed by atoms with Gasteiger partial charge < -0.3 is 15.2 Å². The number of benzene rings is 1. The van der Waals surface area contributed by atoms with Crippen LogP contribution in [0.4, 0.5) is 17.3 Å². The summed E-state index contributed by atoms with van der Waals surface area (Å²) >= 11 is 0. The Hall–Kier alpha value is -3.22. The van der Waals surface area contributed by atoms with Crippen LogP contribution in [0, 0.1) is 20.8 Å². The molecule has 0 saturated carbocycles. The number of rotatable bonds is 4. The molecule has 1 amide bonds. The number of hydrogen-bond donors (Lipinski definition) is 2. The van der Waals surface area contributed by atoms with Crippen LogP contribution in [-0.2, 0) is 0 Å². The van der Waals surface area contributed by atoms with Crippen molar-refractivity contribution in [2.75, 3.05) is 10.6 Å². The summed E-state index contributed by atoms with van der Waals surface area (Å²) in [5.74, 6) is 1.64. The van der Waals surface area contributed by atoms with E-state index >= 15 is 0 Å². The van der Waals surface area contributed by atoms with Gasteiger partial charge in [0.25, 0.3) is 5.91 Å². The Morgan fingerprint density at radius 3 is 2.54 bits per heavy atom. The van der Waals surface area contributed by atoms with Crippen LogP contribution in [0.5, 0.6) is 0 Å². The highest BCUT2D eigenvalue weighted by Crippen LogP contribution is 2.19. The van der Waals surface area contributed by atoms with E-state index in [2.05, 4.69) is 25.8 Å². The fraction of sp³-hybridized carbons (Fsp3) is 0.176. The first-order valence-electron chi connectivity index (χ1n) is 7.44. The number of hydrogen-bond acceptors (Lipinski definition) is 6. The van der Waals surface area contributed by atoms with Gasteiger partial charge in [-0.15, -0.1) is 0 Å². The van der Waals surface area contributed by atoms with Gasteiger partial charge in [0.15, 0.2) is 5.82 Å². The number of anilines is 3. The van der Waals surface area contributed by atoms with Crippen molar-refractivity contribution < 1.29 is 9.32 Å². The Labute approximate surface area is 139 Å². The topological polar surface area (TPSA) is 92.9 Å². The molecule has 0 fully saturated rings. The number of aryl methyl sites for hydroxylation is 3. The Kier molecular flexibility index (Phi) is 4.24. The van der Waals surface area contributed by atoms with E-state index < -0.39 is 0 Å². The molecular formula is C17H17N5O2. The van der Waals surface area contributed by atoms with Crippen LogP contribution < -0.4 is 10.6 Å². The molecule has 0 radical (unpaired) electrons. The molecule has 2 aromatic heterocycles. The quantitative estimate of drug-likeness (QED) is 0.764. The highest BCUT2D eigenvalue weighted by Gasteiger charge is 2.13. The number of aromatic nitrogens is 3. The zero-order chi connectivity index (χ0) is 17.1. The molecule has 1 aromatic carbocycles. The summed E-state index contributed by atoms with van der Waals surface area (Å²) in [7, 11) is 0. The van der Waals surface area contributed by atoms with Crippen LogP contribution in [-0.4, -0.2) is 21.0 Å². The van der Waals surface area contributed by atoms with Gasteiger partial charge in [-0.3, -0.25) is 4.79 Å². The number of nitrogens with one attached hydrogen (secondary N) is 2. The molecule has 7 nitrogen and oxygen atoms in total. The van der Waals surface area contributed by atoms with Crippen LogP contribution in [0.25, 0.3) is 0 Å². The van der Waals surface area contributed by atoms with E-state index in [0.717, 1.165) is 11.3 Å². The molecule has 0 spiro atoms. The van der Waals surface area contributed by atoms with Gasteiger partial charge in [-0.1, -0.05) is 23.4 Å². The van der Waals surface area contributed by atoms with Crippen molar-refractivity contribution in [2.24, 2.45) is 0 Å². The Morgan fingerprint density at radius 1 is 1.04 bits per heavy atom. The van der Waals surface area contributed by atoms with Crippen molar-refractivity contribution in [3.05, 3.63) is 59.2 Å². The predicted octanol–water partition coefficient (Wildman–Crippen LogP) is 3.39. The molecule has 3 aromatic rings. The third-order valence-corrected chi connectivity index (χ3v) is 3.35. The molecular weight excluding hydrogens is 306 g/mol. The molecule has 122 valence electrons. The van der Waals surface area contributed by atoms with E-state index in [0.29, 0.717) is 23.2 Å². The number of amides is 1. The van der Waals surface area contributed by atoms with Gasteiger partial charge in [-0.2, -0.15) is 0 Å². The van der Waals surface area contributed by atoms with Crippen molar-refractivity contribution in [1.82, 2.24) is 15.1 Å². The molecule has 0 unspecified atom stereocenters. The maximum Gasteiger partial charge on any atom is 0.275 e. The Morgan fingerprint density at radius 2 is 1.83 bits per heavy atom. The molecule has 2 heterocycles. The predicted molar refractivity (Wildman–Crippen MR) is 90.4 cm³/mol. The second kappa shape index (κ2) is 6.49. The molecule has 0 aliphatic heterocycles. The highest BCUT2D eigenvalue weighted by molar-refractivity contribution is 6.02. The van der Waals surface area contributed by atoms with E-state index in [9.17, 15) is 4.79 Å². The summed E-state index contributed by atoms with van der Waals surface area (Å²) in [5, 5.41) is 9.60. The van der Waals surface area contributed by atoms with Gasteiger partial charge in [-0.25, -0.2) is 9.97 Å². The van der Waals surface area contributed by atoms with Gasteiger partial charge in [-0.05, 0) is 32.4 Å². The van der Waals surface area contributed by atoms with Crippen molar-refractivity contribution >= 4 is 23.2 Å². The minimum atomic E-state index is -0.373. The molecule has 0 atom stereocenters. The molecule has 3 rings (SSSR count). The minimum Gasteiger partial charge on any atom is -0.360 e. The normalized spacial score (nSPS) is 10.5. The summed E-state index contributed by atoms with van der Waals surface area (Å²) in [6.07, 6.45) is 0. The smallest absolute Gasteiger partial charge is 0.275 e. The van der Waals surface area contributed by atoms with Crippen LogP contribution in [0.3, 0.4) is 0 Å². The van der Waals surface area contributed by atoms with Crippen molar-refractivity contribution in [3.63, 3.8) is 0 Å². The first-order chi connectivity index (χ1) is 11.5. The summed E-state index contributed by atoms with van der Waals surface area (Å²) in [6.45, 7) is 5.48. The second-order valence-corrected chi connectivity index (χ2v) is 5.40. The fourth-order valence-corrected chi connectivity index (χ4v) is 2.20. The molecule has 0 bridgehead atoms. The van der Waals surface area contributed by atoms with E-state index in [1.54, 1.807) is 26.0 Å². The number of para-hydroxylation sites is 1. The third kappa shape index (κ3) is 3.57. The SMILES string of the molecule is Cc1nc(Nc2ccccc2C)cc(C(=O)Nc2cc(C)on2)n1. The van der Waals surface area contributed by atoms with Crippen molar-refractivity contribution in [2.45, 2.75) is 20.8 Å². The van der Waals surface area contributed by atoms with E-state index in [4.69, 9.17) is 4.52 Å². The van der Waals surface area contributed by atoms with Gasteiger partial charge >= 0.3 is 0 Å². The third-order valence-electron chi connectivity index (χ3n) is 3.35. The van der Waals surface area contributed by atoms with Crippen LogP contribution >= 0.6 is 0 Å². The molecule has 7 heteroatoms. The summed E-state index contributed by atoms with van der Waals surface area (Å²) in [5.41, 5.74) is 2.26. The Bertz CT molecular complexity index is 888. The summed E-state index contributed by atoms with van der Waals surface area (Å²) < 4.78 is 4.93. The second-order valence-electron chi connectivity index (χ2n) is 5.40. The first kappa shape index (κ1) is 15.7. The number of nitrogens with zero attached hydrogens (tertiary/aromatic N) is 3. The minimum absolute atomic E-state index is 0.249. The number of carbonyl (C=O) groups excluding carboxylic acids is 1. The lowest BCUT2D eigenvalue weighted by molar-refractivity contribution is 0.102. The average Bonchev–Trinajstić information content (AvgIpc) is 2.94. The van der Waals surface area contributed by atoms with Gasteiger partial charge in [0.2, 0.25) is 0 Å². The molecule has 0 saturated heterocycles. The maximum atomic E-state index is 12.3. The fourth-order valence-electron chi connectivity index (χ4n) is 2.20. The molecule has 0 aliphatic carbocycles. The van der Waals surface area contributed by atoms with Crippen LogP contribution in [0.15, 0.2) is 40.9 Å². The Balaban J connectivity index is 1.83. The number of carbonyl (C=O) groups is 1. The first-order valence-corrected chi connectivity index (χ1v) is 7.44. The van der Waals surface area contributed by atoms with Crippen molar-refractivity contribution in [3.8, 4) is 0 Å². The lowest BCUT2D eigenvalue weighted by Gasteiger charge is -2.10.